The number of fused-ring (bicyclic) bond motifs is 1. The van der Waals surface area contributed by atoms with Crippen molar-refractivity contribution >= 4 is 22.2 Å². The van der Waals surface area contributed by atoms with Crippen molar-refractivity contribution in [3.8, 4) is 11.4 Å². The minimum Gasteiger partial charge on any atom is -0.609 e. The summed E-state index contributed by atoms with van der Waals surface area (Å²) in [5.41, 5.74) is -4.70. The van der Waals surface area contributed by atoms with Gasteiger partial charge < -0.3 is 13.9 Å². The van der Waals surface area contributed by atoms with E-state index in [1.165, 1.54) is 17.7 Å². The monoisotopic (exact) mass is 375 g/mol. The maximum atomic E-state index is 13.5. The van der Waals surface area contributed by atoms with E-state index in [1.54, 1.807) is 24.5 Å². The van der Waals surface area contributed by atoms with Gasteiger partial charge in [-0.3, -0.25) is 9.96 Å². The van der Waals surface area contributed by atoms with Gasteiger partial charge in [-0.05, 0) is 43.2 Å². The summed E-state index contributed by atoms with van der Waals surface area (Å²) in [7, 11) is 1.20. The van der Waals surface area contributed by atoms with E-state index in [-0.39, 0.29) is 34.6 Å². The minimum atomic E-state index is -2.95. The van der Waals surface area contributed by atoms with Crippen LogP contribution < -0.4 is 4.74 Å². The van der Waals surface area contributed by atoms with Gasteiger partial charge in [0.1, 0.15) is 5.75 Å². The Kier molecular flexibility index (Phi) is 2.44. The molecule has 0 aliphatic carbocycles. The van der Waals surface area contributed by atoms with Crippen LogP contribution in [0, 0.1) is 6.85 Å². The fourth-order valence-corrected chi connectivity index (χ4v) is 3.05. The summed E-state index contributed by atoms with van der Waals surface area (Å²) in [5, 5.41) is -0.669. The van der Waals surface area contributed by atoms with Crippen molar-refractivity contribution in [3.05, 3.63) is 66.2 Å². The molecule has 3 heterocycles. The van der Waals surface area contributed by atoms with Gasteiger partial charge >= 0.3 is 5.16 Å². The fraction of sp³-hybridized carbons (Fsp3) is 0.158. The molecule has 0 aliphatic rings. The van der Waals surface area contributed by atoms with E-state index in [0.717, 1.165) is 6.20 Å². The average molecular weight is 376 g/mol. The van der Waals surface area contributed by atoms with E-state index in [1.807, 2.05) is 0 Å². The highest BCUT2D eigenvalue weighted by Crippen LogP contribution is 2.24. The molecule has 0 fully saturated rings. The minimum absolute atomic E-state index is 0.0186. The van der Waals surface area contributed by atoms with Crippen molar-refractivity contribution in [1.29, 1.82) is 0 Å². The quantitative estimate of drug-likeness (QED) is 0.543. The molecule has 0 bridgehead atoms. The molecule has 1 atom stereocenters. The summed E-state index contributed by atoms with van der Waals surface area (Å²) in [4.78, 5) is 8.32. The summed E-state index contributed by atoms with van der Waals surface area (Å²) >= 11 is -2.82. The van der Waals surface area contributed by atoms with Gasteiger partial charge in [-0.25, -0.2) is 0 Å². The predicted molar refractivity (Wildman–Crippen MR) is 101 cm³/mol. The third kappa shape index (κ3) is 3.07. The second-order valence-electron chi connectivity index (χ2n) is 5.12. The van der Waals surface area contributed by atoms with Crippen LogP contribution in [0.25, 0.3) is 16.7 Å². The topological polar surface area (TPSA) is 78.8 Å². The van der Waals surface area contributed by atoms with Gasteiger partial charge in [-0.1, -0.05) is 0 Å². The molecule has 7 heteroatoms. The van der Waals surface area contributed by atoms with Gasteiger partial charge in [0.25, 0.3) is 0 Å². The molecule has 26 heavy (non-hydrogen) atoms. The van der Waals surface area contributed by atoms with Crippen molar-refractivity contribution in [2.75, 3.05) is 7.11 Å². The third-order valence-corrected chi connectivity index (χ3v) is 4.42. The largest absolute Gasteiger partial charge is 0.609 e. The maximum absolute atomic E-state index is 13.5. The molecule has 4 rings (SSSR count). The van der Waals surface area contributed by atoms with Crippen LogP contribution in [0.3, 0.4) is 0 Å². The Hall–Kier alpha value is -2.77. The smallest absolute Gasteiger partial charge is 0.322 e. The number of aromatic nitrogens is 4. The zero-order chi connectivity index (χ0) is 25.9. The molecular formula is C19H18N4O2S. The number of methoxy groups -OCH3 is 1. The Morgan fingerprint density at radius 3 is 3.08 bits per heavy atom. The van der Waals surface area contributed by atoms with E-state index >= 15 is 0 Å². The fourth-order valence-electron chi connectivity index (χ4n) is 2.28. The number of nitrogens with zero attached hydrogens (tertiary/aromatic N) is 3. The molecule has 3 aromatic heterocycles. The van der Waals surface area contributed by atoms with E-state index in [2.05, 4.69) is 9.97 Å². The van der Waals surface area contributed by atoms with Gasteiger partial charge in [0, 0.05) is 45.1 Å². The molecule has 0 spiro atoms. The molecular weight excluding hydrogens is 348 g/mol. The number of hydrogen-bond acceptors (Lipinski definition) is 4. The lowest BCUT2D eigenvalue weighted by Crippen LogP contribution is -2.10. The van der Waals surface area contributed by atoms with Crippen LogP contribution in [-0.4, -0.2) is 31.2 Å². The van der Waals surface area contributed by atoms with Crippen LogP contribution in [0.5, 0.6) is 5.75 Å². The standard InChI is InChI=1S/C19H18N4O2S/c1-13-17(20-8-7-18(13)25-2)12-26(24)19-21-15-6-5-14(11-16(15)22-19)23-9-3-4-10-23/h3-11H,12H2,1-2H3,(H,21,22)/i1D3,5D,6D,11D,12D2/hD. The number of imidazole rings is 1. The zero-order valence-electron chi connectivity index (χ0n) is 22.5. The van der Waals surface area contributed by atoms with E-state index < -0.39 is 46.2 Å². The molecule has 0 radical (unpaired) electrons. The Morgan fingerprint density at radius 1 is 1.46 bits per heavy atom. The lowest BCUT2D eigenvalue weighted by Gasteiger charge is -2.10. The molecule has 6 nitrogen and oxygen atoms in total. The van der Waals surface area contributed by atoms with Crippen LogP contribution in [0.2, 0.25) is 1.41 Å². The summed E-state index contributed by atoms with van der Waals surface area (Å²) < 4.78 is 93.9. The molecule has 1 unspecified atom stereocenters. The highest BCUT2D eigenvalue weighted by atomic mass is 32.2. The van der Waals surface area contributed by atoms with Gasteiger partial charge in [0.05, 0.1) is 30.7 Å². The number of H-pyrrole nitrogens is 1. The zero-order valence-corrected chi connectivity index (χ0v) is 14.3. The Labute approximate surface area is 166 Å². The van der Waals surface area contributed by atoms with Crippen LogP contribution >= 0.6 is 0 Å². The average Bonchev–Trinajstić information content (AvgIpc) is 3.44. The molecule has 132 valence electrons. The van der Waals surface area contributed by atoms with Crippen LogP contribution in [0.1, 0.15) is 22.2 Å². The maximum Gasteiger partial charge on any atom is 0.322 e. The third-order valence-electron chi connectivity index (χ3n) is 3.53. The Bertz CT molecular complexity index is 1420. The van der Waals surface area contributed by atoms with Gasteiger partial charge in [-0.15, -0.1) is 0 Å². The molecule has 0 saturated carbocycles. The number of nitrogens with one attached hydrogen (secondary N) is 1. The van der Waals surface area contributed by atoms with E-state index in [0.29, 0.717) is 4.98 Å². The second kappa shape index (κ2) is 6.86. The summed E-state index contributed by atoms with van der Waals surface area (Å²) in [5.74, 6) is -0.174. The van der Waals surface area contributed by atoms with Crippen LogP contribution in [0.4, 0.5) is 0 Å². The molecule has 0 aliphatic heterocycles. The van der Waals surface area contributed by atoms with Crippen LogP contribution in [0.15, 0.2) is 60.1 Å². The number of aromatic amines is 1. The number of pyridine rings is 1. The predicted octanol–water partition coefficient (Wildman–Crippen LogP) is 3.37. The van der Waals surface area contributed by atoms with E-state index in [4.69, 9.17) is 17.1 Å². The SMILES string of the molecule is [2H]c1c(-n2cccc2)c([2H])c2nc([S+]([O-])C([2H])([2H])c3nccc(OC)c3C([2H])([2H])[2H])n([2H])c2c1[2H]. The lowest BCUT2D eigenvalue weighted by atomic mass is 10.2. The van der Waals surface area contributed by atoms with Crippen LogP contribution in [-0.2, 0) is 16.9 Å². The Balaban J connectivity index is 1.94. The first-order valence-corrected chi connectivity index (χ1v) is 8.58. The van der Waals surface area contributed by atoms with Gasteiger partial charge in [-0.2, -0.15) is 4.98 Å². The lowest BCUT2D eigenvalue weighted by molar-refractivity contribution is 0.410. The van der Waals surface area contributed by atoms with Gasteiger partial charge in [0.15, 0.2) is 7.12 Å². The van der Waals surface area contributed by atoms with Crippen molar-refractivity contribution in [3.63, 3.8) is 0 Å². The molecule has 4 aromatic rings. The first kappa shape index (κ1) is 9.25. The first-order valence-electron chi connectivity index (χ1n) is 11.9. The molecule has 0 saturated heterocycles. The number of hydrogen-bond donors (Lipinski definition) is 1. The first-order chi connectivity index (χ1) is 16.3. The number of rotatable bonds is 5. The second-order valence-corrected chi connectivity index (χ2v) is 6.23. The number of benzene rings is 1. The highest BCUT2D eigenvalue weighted by molar-refractivity contribution is 7.90. The van der Waals surface area contributed by atoms with Crippen molar-refractivity contribution < 1.29 is 21.7 Å². The van der Waals surface area contributed by atoms with E-state index in [9.17, 15) is 4.55 Å². The molecule has 1 N–H and O–H groups in total. The van der Waals surface area contributed by atoms with Crippen molar-refractivity contribution in [2.45, 2.75) is 17.7 Å². The summed E-state index contributed by atoms with van der Waals surface area (Å²) in [6, 6.07) is 3.41. The van der Waals surface area contributed by atoms with Gasteiger partial charge in [0.2, 0.25) is 0 Å². The van der Waals surface area contributed by atoms with Crippen molar-refractivity contribution in [2.24, 2.45) is 0 Å². The summed E-state index contributed by atoms with van der Waals surface area (Å²) in [6.07, 6.45) is 4.25. The Morgan fingerprint density at radius 2 is 2.31 bits per heavy atom. The van der Waals surface area contributed by atoms with Crippen molar-refractivity contribution in [1.82, 2.24) is 19.5 Å². The number of ether oxygens (including phenoxy) is 1. The highest BCUT2D eigenvalue weighted by Gasteiger charge is 2.20. The normalized spacial score (nSPS) is 18.5. The summed E-state index contributed by atoms with van der Waals surface area (Å²) in [6.45, 7) is -2.86. The molecule has 0 amide bonds. The molecule has 1 aromatic carbocycles.